The van der Waals surface area contributed by atoms with Gasteiger partial charge in [-0.1, -0.05) is 6.07 Å². The van der Waals surface area contributed by atoms with Crippen molar-refractivity contribution < 1.29 is 9.53 Å². The molecule has 0 aromatic carbocycles. The van der Waals surface area contributed by atoms with Crippen LogP contribution in [0.5, 0.6) is 0 Å². The molecule has 2 heterocycles. The summed E-state index contributed by atoms with van der Waals surface area (Å²) in [5.41, 5.74) is 6.34. The van der Waals surface area contributed by atoms with E-state index in [1.807, 2.05) is 28.8 Å². The smallest absolute Gasteiger partial charge is 0.239 e. The second-order valence-electron chi connectivity index (χ2n) is 3.82. The summed E-state index contributed by atoms with van der Waals surface area (Å²) in [4.78, 5) is 11.6. The van der Waals surface area contributed by atoms with Crippen LogP contribution in [0.4, 0.5) is 0 Å². The van der Waals surface area contributed by atoms with Crippen molar-refractivity contribution in [3.8, 4) is 0 Å². The van der Waals surface area contributed by atoms with E-state index in [0.29, 0.717) is 5.82 Å². The van der Waals surface area contributed by atoms with E-state index >= 15 is 0 Å². The zero-order valence-electron chi connectivity index (χ0n) is 10.0. The van der Waals surface area contributed by atoms with E-state index in [-0.39, 0.29) is 19.1 Å². The fourth-order valence-corrected chi connectivity index (χ4v) is 1.56. The summed E-state index contributed by atoms with van der Waals surface area (Å²) in [6.45, 7) is 0.466. The molecule has 0 bridgehead atoms. The maximum atomic E-state index is 11.6. The van der Waals surface area contributed by atoms with Gasteiger partial charge in [0.1, 0.15) is 6.04 Å². The number of aromatic nitrogens is 3. The van der Waals surface area contributed by atoms with Crippen molar-refractivity contribution in [1.82, 2.24) is 19.9 Å². The second-order valence-corrected chi connectivity index (χ2v) is 3.82. The molecule has 0 aliphatic rings. The van der Waals surface area contributed by atoms with Gasteiger partial charge in [0.05, 0.1) is 13.2 Å². The van der Waals surface area contributed by atoms with Gasteiger partial charge in [0.25, 0.3) is 0 Å². The lowest BCUT2D eigenvalue weighted by Gasteiger charge is -2.10. The molecule has 2 aromatic heterocycles. The minimum atomic E-state index is -0.672. The minimum Gasteiger partial charge on any atom is -0.383 e. The van der Waals surface area contributed by atoms with Crippen molar-refractivity contribution in [1.29, 1.82) is 0 Å². The minimum absolute atomic E-state index is 0.187. The SMILES string of the molecule is COCC(N)C(=O)NCc1nnc2ccccn12. The Morgan fingerprint density at radius 3 is 3.17 bits per heavy atom. The zero-order valence-corrected chi connectivity index (χ0v) is 10.0. The highest BCUT2D eigenvalue weighted by Crippen LogP contribution is 2.02. The van der Waals surface area contributed by atoms with Crippen molar-refractivity contribution in [3.63, 3.8) is 0 Å². The summed E-state index contributed by atoms with van der Waals surface area (Å²) in [5.74, 6) is 0.382. The zero-order chi connectivity index (χ0) is 13.0. The Hall–Kier alpha value is -1.99. The highest BCUT2D eigenvalue weighted by molar-refractivity contribution is 5.81. The molecule has 0 saturated carbocycles. The van der Waals surface area contributed by atoms with Crippen LogP contribution in [0.2, 0.25) is 0 Å². The van der Waals surface area contributed by atoms with Crippen LogP contribution < -0.4 is 11.1 Å². The maximum absolute atomic E-state index is 11.6. The van der Waals surface area contributed by atoms with E-state index in [1.54, 1.807) is 0 Å². The predicted octanol–water partition coefficient (Wildman–Crippen LogP) is -0.681. The highest BCUT2D eigenvalue weighted by Gasteiger charge is 2.13. The number of nitrogens with zero attached hydrogens (tertiary/aromatic N) is 3. The molecule has 0 fully saturated rings. The van der Waals surface area contributed by atoms with E-state index in [2.05, 4.69) is 15.5 Å². The van der Waals surface area contributed by atoms with Gasteiger partial charge in [-0.05, 0) is 12.1 Å². The lowest BCUT2D eigenvalue weighted by Crippen LogP contribution is -2.43. The fourth-order valence-electron chi connectivity index (χ4n) is 1.56. The summed E-state index contributed by atoms with van der Waals surface area (Å²) >= 11 is 0. The van der Waals surface area contributed by atoms with Gasteiger partial charge in [-0.15, -0.1) is 10.2 Å². The molecule has 0 saturated heterocycles. The number of pyridine rings is 1. The highest BCUT2D eigenvalue weighted by atomic mass is 16.5. The van der Waals surface area contributed by atoms with Crippen LogP contribution in [-0.2, 0) is 16.1 Å². The average molecular weight is 249 g/mol. The molecular weight excluding hydrogens is 234 g/mol. The van der Waals surface area contributed by atoms with Gasteiger partial charge in [-0.25, -0.2) is 0 Å². The first-order valence-corrected chi connectivity index (χ1v) is 5.53. The molecule has 0 spiro atoms. The van der Waals surface area contributed by atoms with Gasteiger partial charge in [0, 0.05) is 13.3 Å². The molecule has 3 N–H and O–H groups in total. The lowest BCUT2D eigenvalue weighted by molar-refractivity contribution is -0.123. The topological polar surface area (TPSA) is 94.5 Å². The summed E-state index contributed by atoms with van der Waals surface area (Å²) in [5, 5.41) is 10.7. The summed E-state index contributed by atoms with van der Waals surface area (Å²) in [6.07, 6.45) is 1.84. The van der Waals surface area contributed by atoms with Crippen molar-refractivity contribution in [2.75, 3.05) is 13.7 Å². The number of nitrogens with one attached hydrogen (secondary N) is 1. The molecule has 7 nitrogen and oxygen atoms in total. The van der Waals surface area contributed by atoms with Crippen LogP contribution in [0, 0.1) is 0 Å². The first-order chi connectivity index (χ1) is 8.72. The lowest BCUT2D eigenvalue weighted by atomic mass is 10.3. The monoisotopic (exact) mass is 249 g/mol. The quantitative estimate of drug-likeness (QED) is 0.732. The molecule has 0 radical (unpaired) electrons. The standard InChI is InChI=1S/C11H15N5O2/c1-18-7-8(12)11(17)13-6-10-15-14-9-4-2-3-5-16(9)10/h2-5,8H,6-7,12H2,1H3,(H,13,17). The van der Waals surface area contributed by atoms with E-state index < -0.39 is 6.04 Å². The summed E-state index contributed by atoms with van der Waals surface area (Å²) in [7, 11) is 1.50. The third-order valence-corrected chi connectivity index (χ3v) is 2.49. The van der Waals surface area contributed by atoms with Gasteiger partial charge in [0.15, 0.2) is 11.5 Å². The van der Waals surface area contributed by atoms with Gasteiger partial charge >= 0.3 is 0 Å². The van der Waals surface area contributed by atoms with E-state index in [4.69, 9.17) is 10.5 Å². The number of nitrogens with two attached hydrogens (primary N) is 1. The largest absolute Gasteiger partial charge is 0.383 e. The van der Waals surface area contributed by atoms with Gasteiger partial charge in [-0.3, -0.25) is 9.20 Å². The fraction of sp³-hybridized carbons (Fsp3) is 0.364. The Balaban J connectivity index is 2.00. The molecule has 2 rings (SSSR count). The Kier molecular flexibility index (Phi) is 3.85. The molecule has 1 amide bonds. The number of methoxy groups -OCH3 is 1. The molecule has 7 heteroatoms. The second kappa shape index (κ2) is 5.56. The Bertz CT molecular complexity index is 539. The van der Waals surface area contributed by atoms with Crippen molar-refractivity contribution in [2.45, 2.75) is 12.6 Å². The Morgan fingerprint density at radius 2 is 2.39 bits per heavy atom. The van der Waals surface area contributed by atoms with Crippen molar-refractivity contribution >= 4 is 11.6 Å². The van der Waals surface area contributed by atoms with E-state index in [1.165, 1.54) is 7.11 Å². The van der Waals surface area contributed by atoms with Crippen LogP contribution >= 0.6 is 0 Å². The van der Waals surface area contributed by atoms with Crippen LogP contribution in [0.15, 0.2) is 24.4 Å². The number of ether oxygens (including phenoxy) is 1. The molecular formula is C11H15N5O2. The van der Waals surface area contributed by atoms with Crippen LogP contribution in [-0.4, -0.2) is 40.3 Å². The van der Waals surface area contributed by atoms with Gasteiger partial charge in [-0.2, -0.15) is 0 Å². The number of rotatable bonds is 5. The Morgan fingerprint density at radius 1 is 1.56 bits per heavy atom. The van der Waals surface area contributed by atoms with Crippen molar-refractivity contribution in [2.24, 2.45) is 5.73 Å². The molecule has 0 aliphatic heterocycles. The number of hydrogen-bond acceptors (Lipinski definition) is 5. The number of hydrogen-bond donors (Lipinski definition) is 2. The van der Waals surface area contributed by atoms with Gasteiger partial charge in [0.2, 0.25) is 5.91 Å². The predicted molar refractivity (Wildman–Crippen MR) is 64.7 cm³/mol. The van der Waals surface area contributed by atoms with Gasteiger partial charge < -0.3 is 15.8 Å². The number of carbonyl (C=O) groups excluding carboxylic acids is 1. The number of fused-ring (bicyclic) bond motifs is 1. The molecule has 2 aromatic rings. The summed E-state index contributed by atoms with van der Waals surface area (Å²) < 4.78 is 6.62. The maximum Gasteiger partial charge on any atom is 0.239 e. The van der Waals surface area contributed by atoms with E-state index in [0.717, 1.165) is 5.65 Å². The van der Waals surface area contributed by atoms with Crippen LogP contribution in [0.25, 0.3) is 5.65 Å². The van der Waals surface area contributed by atoms with E-state index in [9.17, 15) is 4.79 Å². The number of amides is 1. The average Bonchev–Trinajstić information content (AvgIpc) is 2.79. The van der Waals surface area contributed by atoms with Crippen LogP contribution in [0.3, 0.4) is 0 Å². The molecule has 96 valence electrons. The molecule has 0 aliphatic carbocycles. The van der Waals surface area contributed by atoms with Crippen LogP contribution in [0.1, 0.15) is 5.82 Å². The molecule has 1 unspecified atom stereocenters. The van der Waals surface area contributed by atoms with Crippen molar-refractivity contribution in [3.05, 3.63) is 30.2 Å². The summed E-state index contributed by atoms with van der Waals surface area (Å²) in [6, 6.07) is 4.92. The number of carbonyl (C=O) groups is 1. The first-order valence-electron chi connectivity index (χ1n) is 5.53. The molecule has 18 heavy (non-hydrogen) atoms. The third kappa shape index (κ3) is 2.63. The normalized spacial score (nSPS) is 12.6. The Labute approximate surface area is 104 Å². The third-order valence-electron chi connectivity index (χ3n) is 2.49. The first kappa shape index (κ1) is 12.5. The molecule has 1 atom stereocenters.